The molecule has 0 spiro atoms. The molecule has 2 aromatic rings. The van der Waals surface area contributed by atoms with Crippen LogP contribution in [0.3, 0.4) is 0 Å². The Morgan fingerprint density at radius 2 is 1.82 bits per heavy atom. The number of amides is 1. The van der Waals surface area contributed by atoms with Gasteiger partial charge in [-0.1, -0.05) is 30.3 Å². The molecule has 0 saturated heterocycles. The zero-order chi connectivity index (χ0) is 15.8. The van der Waals surface area contributed by atoms with Crippen molar-refractivity contribution in [1.29, 1.82) is 0 Å². The zero-order valence-corrected chi connectivity index (χ0v) is 12.6. The molecule has 22 heavy (non-hydrogen) atoms. The molecule has 1 amide bonds. The van der Waals surface area contributed by atoms with E-state index in [1.165, 1.54) is 12.1 Å². The topological polar surface area (TPSA) is 38.3 Å². The molecule has 0 saturated carbocycles. The van der Waals surface area contributed by atoms with Crippen molar-refractivity contribution in [2.45, 2.75) is 25.8 Å². The van der Waals surface area contributed by atoms with E-state index in [0.29, 0.717) is 19.4 Å². The Hall–Kier alpha value is -2.36. The fourth-order valence-corrected chi connectivity index (χ4v) is 2.09. The third-order valence-electron chi connectivity index (χ3n) is 3.31. The molecule has 3 nitrogen and oxygen atoms in total. The lowest BCUT2D eigenvalue weighted by Crippen LogP contribution is -2.26. The van der Waals surface area contributed by atoms with E-state index in [1.54, 1.807) is 12.1 Å². The van der Waals surface area contributed by atoms with Crippen molar-refractivity contribution >= 4 is 5.91 Å². The monoisotopic (exact) mass is 301 g/mol. The molecule has 0 fully saturated rings. The van der Waals surface area contributed by atoms with Crippen LogP contribution in [0.1, 0.15) is 31.4 Å². The lowest BCUT2D eigenvalue weighted by atomic mass is 10.1. The van der Waals surface area contributed by atoms with E-state index in [-0.39, 0.29) is 17.8 Å². The summed E-state index contributed by atoms with van der Waals surface area (Å²) >= 11 is 0. The molecule has 0 heterocycles. The van der Waals surface area contributed by atoms with Gasteiger partial charge in [0.05, 0.1) is 12.6 Å². The lowest BCUT2D eigenvalue weighted by Gasteiger charge is -2.14. The van der Waals surface area contributed by atoms with Gasteiger partial charge in [0.15, 0.2) is 0 Å². The maximum Gasteiger partial charge on any atom is 0.220 e. The number of carbonyl (C=O) groups excluding carboxylic acids is 1. The number of halogens is 1. The van der Waals surface area contributed by atoms with E-state index < -0.39 is 0 Å². The minimum Gasteiger partial charge on any atom is -0.494 e. The van der Waals surface area contributed by atoms with Crippen molar-refractivity contribution in [3.8, 4) is 5.75 Å². The van der Waals surface area contributed by atoms with Gasteiger partial charge in [0.2, 0.25) is 5.91 Å². The number of carbonyl (C=O) groups is 1. The van der Waals surface area contributed by atoms with E-state index in [0.717, 1.165) is 11.3 Å². The molecule has 0 aliphatic heterocycles. The van der Waals surface area contributed by atoms with Crippen LogP contribution in [-0.2, 0) is 4.79 Å². The summed E-state index contributed by atoms with van der Waals surface area (Å²) in [6.07, 6.45) is 1.05. The van der Waals surface area contributed by atoms with E-state index in [4.69, 9.17) is 4.74 Å². The fraction of sp³-hybridized carbons (Fsp3) is 0.278. The molecule has 0 unspecified atom stereocenters. The van der Waals surface area contributed by atoms with Crippen LogP contribution in [0.15, 0.2) is 54.6 Å². The number of rotatable bonds is 7. The number of ether oxygens (including phenoxy) is 1. The van der Waals surface area contributed by atoms with E-state index in [2.05, 4.69) is 5.32 Å². The van der Waals surface area contributed by atoms with Crippen LogP contribution in [0.25, 0.3) is 0 Å². The molecule has 0 aliphatic rings. The summed E-state index contributed by atoms with van der Waals surface area (Å²) in [5.74, 6) is 0.497. The number of hydrogen-bond donors (Lipinski definition) is 1. The van der Waals surface area contributed by atoms with Gasteiger partial charge in [-0.15, -0.1) is 0 Å². The molecule has 0 aliphatic carbocycles. The Morgan fingerprint density at radius 1 is 1.14 bits per heavy atom. The molecule has 0 aromatic heterocycles. The van der Waals surface area contributed by atoms with Gasteiger partial charge in [-0.25, -0.2) is 4.39 Å². The normalized spacial score (nSPS) is 11.7. The number of nitrogens with one attached hydrogen (secondary N) is 1. The smallest absolute Gasteiger partial charge is 0.220 e. The van der Waals surface area contributed by atoms with Gasteiger partial charge in [-0.05, 0) is 43.2 Å². The molecule has 1 atom stereocenters. The molecule has 2 rings (SSSR count). The van der Waals surface area contributed by atoms with Crippen LogP contribution in [0.4, 0.5) is 4.39 Å². The summed E-state index contributed by atoms with van der Waals surface area (Å²) in [4.78, 5) is 11.9. The molecular formula is C18H20FNO2. The van der Waals surface area contributed by atoms with Gasteiger partial charge in [0.1, 0.15) is 11.6 Å². The summed E-state index contributed by atoms with van der Waals surface area (Å²) in [5, 5.41) is 2.90. The number of hydrogen-bond acceptors (Lipinski definition) is 2. The summed E-state index contributed by atoms with van der Waals surface area (Å²) in [5.41, 5.74) is 0.885. The van der Waals surface area contributed by atoms with Crippen molar-refractivity contribution in [1.82, 2.24) is 5.32 Å². The lowest BCUT2D eigenvalue weighted by molar-refractivity contribution is -0.121. The third-order valence-corrected chi connectivity index (χ3v) is 3.31. The van der Waals surface area contributed by atoms with E-state index >= 15 is 0 Å². The standard InChI is InChI=1S/C18H20FNO2/c1-14(15-9-11-16(19)12-10-15)20-18(21)8-5-13-22-17-6-3-2-4-7-17/h2-4,6-7,9-12,14H,5,8,13H2,1H3,(H,20,21)/t14-/m1/s1. The Kier molecular flexibility index (Phi) is 5.95. The van der Waals surface area contributed by atoms with Crippen molar-refractivity contribution in [3.05, 3.63) is 66.0 Å². The highest BCUT2D eigenvalue weighted by Gasteiger charge is 2.09. The van der Waals surface area contributed by atoms with Gasteiger partial charge in [-0.3, -0.25) is 4.79 Å². The maximum atomic E-state index is 12.9. The Labute approximate surface area is 130 Å². The second-order valence-electron chi connectivity index (χ2n) is 5.11. The molecule has 2 aromatic carbocycles. The maximum absolute atomic E-state index is 12.9. The fourth-order valence-electron chi connectivity index (χ4n) is 2.09. The summed E-state index contributed by atoms with van der Waals surface area (Å²) in [7, 11) is 0. The summed E-state index contributed by atoms with van der Waals surface area (Å²) < 4.78 is 18.4. The molecule has 0 radical (unpaired) electrons. The zero-order valence-electron chi connectivity index (χ0n) is 12.6. The molecular weight excluding hydrogens is 281 g/mol. The predicted molar refractivity (Wildman–Crippen MR) is 84.1 cm³/mol. The first-order valence-electron chi connectivity index (χ1n) is 7.38. The van der Waals surface area contributed by atoms with Crippen LogP contribution in [0, 0.1) is 5.82 Å². The first kappa shape index (κ1) is 16.0. The van der Waals surface area contributed by atoms with Crippen molar-refractivity contribution in [3.63, 3.8) is 0 Å². The second kappa shape index (κ2) is 8.17. The second-order valence-corrected chi connectivity index (χ2v) is 5.11. The third kappa shape index (κ3) is 5.20. The highest BCUT2D eigenvalue weighted by atomic mass is 19.1. The van der Waals surface area contributed by atoms with Crippen molar-refractivity contribution in [2.75, 3.05) is 6.61 Å². The molecule has 116 valence electrons. The van der Waals surface area contributed by atoms with Crippen molar-refractivity contribution in [2.24, 2.45) is 0 Å². The molecule has 1 N–H and O–H groups in total. The van der Waals surface area contributed by atoms with Gasteiger partial charge in [-0.2, -0.15) is 0 Å². The highest BCUT2D eigenvalue weighted by molar-refractivity contribution is 5.76. The van der Waals surface area contributed by atoms with E-state index in [1.807, 2.05) is 37.3 Å². The number of para-hydroxylation sites is 1. The van der Waals surface area contributed by atoms with E-state index in [9.17, 15) is 9.18 Å². The summed E-state index contributed by atoms with van der Waals surface area (Å²) in [6.45, 7) is 2.38. The minimum absolute atomic E-state index is 0.0338. The van der Waals surface area contributed by atoms with Gasteiger partial charge >= 0.3 is 0 Å². The SMILES string of the molecule is C[C@@H](NC(=O)CCCOc1ccccc1)c1ccc(F)cc1. The largest absolute Gasteiger partial charge is 0.494 e. The Balaban J connectivity index is 1.68. The van der Waals surface area contributed by atoms with Crippen molar-refractivity contribution < 1.29 is 13.9 Å². The molecule has 0 bridgehead atoms. The van der Waals surface area contributed by atoms with Crippen LogP contribution >= 0.6 is 0 Å². The Morgan fingerprint density at radius 3 is 2.50 bits per heavy atom. The first-order chi connectivity index (χ1) is 10.6. The number of benzene rings is 2. The van der Waals surface area contributed by atoms with Crippen LogP contribution in [0.5, 0.6) is 5.75 Å². The first-order valence-corrected chi connectivity index (χ1v) is 7.38. The van der Waals surface area contributed by atoms with Gasteiger partial charge in [0, 0.05) is 6.42 Å². The average molecular weight is 301 g/mol. The van der Waals surface area contributed by atoms with Gasteiger partial charge in [0.25, 0.3) is 0 Å². The van der Waals surface area contributed by atoms with Gasteiger partial charge < -0.3 is 10.1 Å². The quantitative estimate of drug-likeness (QED) is 0.789. The molecule has 4 heteroatoms. The minimum atomic E-state index is -0.277. The van der Waals surface area contributed by atoms with Crippen LogP contribution < -0.4 is 10.1 Å². The van der Waals surface area contributed by atoms with Crippen LogP contribution in [-0.4, -0.2) is 12.5 Å². The van der Waals surface area contributed by atoms with Crippen LogP contribution in [0.2, 0.25) is 0 Å². The average Bonchev–Trinajstić information content (AvgIpc) is 2.53. The predicted octanol–water partition coefficient (Wildman–Crippen LogP) is 3.86. The summed E-state index contributed by atoms with van der Waals surface area (Å²) in [6, 6.07) is 15.5. The highest BCUT2D eigenvalue weighted by Crippen LogP contribution is 2.13. The Bertz CT molecular complexity index is 584.